The number of nitriles is 1. The van der Waals surface area contributed by atoms with E-state index in [4.69, 9.17) is 5.26 Å². The second-order valence-electron chi connectivity index (χ2n) is 7.61. The highest BCUT2D eigenvalue weighted by Gasteiger charge is 2.25. The molecular weight excluding hydrogens is 314 g/mol. The lowest BCUT2D eigenvalue weighted by Gasteiger charge is -2.31. The SMILES string of the molecule is CC(C)CCCC(C)(CCCS)Cn1cnc2ccc(C#N)cc21. The Morgan fingerprint density at radius 1 is 1.29 bits per heavy atom. The zero-order valence-electron chi connectivity index (χ0n) is 15.1. The molecule has 2 rings (SSSR count). The molecule has 0 aliphatic rings. The van der Waals surface area contributed by atoms with Crippen LogP contribution < -0.4 is 0 Å². The van der Waals surface area contributed by atoms with E-state index in [1.54, 1.807) is 0 Å². The van der Waals surface area contributed by atoms with Crippen molar-refractivity contribution in [3.8, 4) is 6.07 Å². The monoisotopic (exact) mass is 343 g/mol. The van der Waals surface area contributed by atoms with Crippen LogP contribution in [0.4, 0.5) is 0 Å². The van der Waals surface area contributed by atoms with Gasteiger partial charge in [0.2, 0.25) is 0 Å². The third-order valence-corrected chi connectivity index (χ3v) is 5.12. The number of nitrogens with zero attached hydrogens (tertiary/aromatic N) is 3. The fourth-order valence-electron chi connectivity index (χ4n) is 3.39. The summed E-state index contributed by atoms with van der Waals surface area (Å²) < 4.78 is 2.23. The number of hydrogen-bond acceptors (Lipinski definition) is 3. The molecule has 4 heteroatoms. The first-order valence-electron chi connectivity index (χ1n) is 8.93. The predicted molar refractivity (Wildman–Crippen MR) is 104 cm³/mol. The Labute approximate surface area is 151 Å². The van der Waals surface area contributed by atoms with Crippen LogP contribution in [0, 0.1) is 22.7 Å². The number of rotatable bonds is 9. The van der Waals surface area contributed by atoms with Crippen LogP contribution in [-0.2, 0) is 6.54 Å². The van der Waals surface area contributed by atoms with E-state index in [-0.39, 0.29) is 5.41 Å². The van der Waals surface area contributed by atoms with Gasteiger partial charge in [-0.3, -0.25) is 0 Å². The number of benzene rings is 1. The summed E-state index contributed by atoms with van der Waals surface area (Å²) >= 11 is 4.40. The van der Waals surface area contributed by atoms with Crippen LogP contribution in [0.3, 0.4) is 0 Å². The summed E-state index contributed by atoms with van der Waals surface area (Å²) in [6, 6.07) is 7.96. The molecule has 0 bridgehead atoms. The minimum atomic E-state index is 0.244. The van der Waals surface area contributed by atoms with Crippen LogP contribution in [0.1, 0.15) is 58.4 Å². The van der Waals surface area contributed by atoms with Gasteiger partial charge in [-0.15, -0.1) is 0 Å². The third kappa shape index (κ3) is 5.01. The first-order chi connectivity index (χ1) is 11.5. The lowest BCUT2D eigenvalue weighted by Crippen LogP contribution is -2.24. The van der Waals surface area contributed by atoms with Crippen molar-refractivity contribution in [1.29, 1.82) is 5.26 Å². The van der Waals surface area contributed by atoms with E-state index >= 15 is 0 Å². The summed E-state index contributed by atoms with van der Waals surface area (Å²) in [5, 5.41) is 9.15. The van der Waals surface area contributed by atoms with E-state index in [9.17, 15) is 0 Å². The molecule has 2 aromatic rings. The second kappa shape index (κ2) is 8.58. The molecule has 0 amide bonds. The molecule has 0 saturated carbocycles. The van der Waals surface area contributed by atoms with Gasteiger partial charge < -0.3 is 4.57 Å². The first kappa shape index (κ1) is 18.9. The van der Waals surface area contributed by atoms with Crippen molar-refractivity contribution in [2.45, 2.75) is 59.4 Å². The molecule has 1 unspecified atom stereocenters. The summed E-state index contributed by atoms with van der Waals surface area (Å²) in [4.78, 5) is 4.51. The fraction of sp³-hybridized carbons (Fsp3) is 0.600. The van der Waals surface area contributed by atoms with E-state index < -0.39 is 0 Å². The molecule has 0 aliphatic carbocycles. The molecule has 1 aromatic carbocycles. The molecule has 0 spiro atoms. The largest absolute Gasteiger partial charge is 0.330 e. The Hall–Kier alpha value is -1.47. The molecule has 1 heterocycles. The van der Waals surface area contributed by atoms with E-state index in [2.05, 4.69) is 49.0 Å². The maximum absolute atomic E-state index is 9.15. The van der Waals surface area contributed by atoms with Crippen molar-refractivity contribution >= 4 is 23.7 Å². The summed E-state index contributed by atoms with van der Waals surface area (Å²) in [6.45, 7) is 7.91. The van der Waals surface area contributed by atoms with Gasteiger partial charge in [0, 0.05) is 6.54 Å². The number of thiol groups is 1. The van der Waals surface area contributed by atoms with Crippen LogP contribution in [0.15, 0.2) is 24.5 Å². The summed E-state index contributed by atoms with van der Waals surface area (Å²) in [7, 11) is 0. The second-order valence-corrected chi connectivity index (χ2v) is 8.06. The highest BCUT2D eigenvalue weighted by Crippen LogP contribution is 2.34. The first-order valence-corrected chi connectivity index (χ1v) is 9.56. The van der Waals surface area contributed by atoms with Crippen molar-refractivity contribution in [2.24, 2.45) is 11.3 Å². The molecule has 0 radical (unpaired) electrons. The minimum absolute atomic E-state index is 0.244. The van der Waals surface area contributed by atoms with Crippen molar-refractivity contribution < 1.29 is 0 Å². The lowest BCUT2D eigenvalue weighted by atomic mass is 9.80. The van der Waals surface area contributed by atoms with Gasteiger partial charge in [-0.1, -0.05) is 33.6 Å². The molecule has 1 atom stereocenters. The van der Waals surface area contributed by atoms with Crippen LogP contribution in [0.2, 0.25) is 0 Å². The number of fused-ring (bicyclic) bond motifs is 1. The molecule has 0 fully saturated rings. The van der Waals surface area contributed by atoms with Gasteiger partial charge in [-0.05, 0) is 54.5 Å². The molecule has 0 saturated heterocycles. The standard InChI is InChI=1S/C20H29N3S/c1-16(2)6-4-9-20(3,10-5-11-24)14-23-15-22-18-8-7-17(13-21)12-19(18)23/h7-8,12,15-16,24H,4-6,9-11,14H2,1-3H3. The van der Waals surface area contributed by atoms with Gasteiger partial charge in [-0.25, -0.2) is 4.98 Å². The highest BCUT2D eigenvalue weighted by molar-refractivity contribution is 7.80. The third-order valence-electron chi connectivity index (χ3n) is 4.80. The highest BCUT2D eigenvalue weighted by atomic mass is 32.1. The van der Waals surface area contributed by atoms with Gasteiger partial charge in [0.25, 0.3) is 0 Å². The number of hydrogen-bond donors (Lipinski definition) is 1. The maximum atomic E-state index is 9.15. The van der Waals surface area contributed by atoms with Crippen molar-refractivity contribution in [2.75, 3.05) is 5.75 Å². The van der Waals surface area contributed by atoms with Gasteiger partial charge in [-0.2, -0.15) is 17.9 Å². The Morgan fingerprint density at radius 3 is 2.71 bits per heavy atom. The van der Waals surface area contributed by atoms with Crippen LogP contribution in [0.25, 0.3) is 11.0 Å². The lowest BCUT2D eigenvalue weighted by molar-refractivity contribution is 0.218. The van der Waals surface area contributed by atoms with Crippen molar-refractivity contribution in [1.82, 2.24) is 9.55 Å². The summed E-state index contributed by atoms with van der Waals surface area (Å²) in [5.74, 6) is 1.69. The number of imidazole rings is 1. The van der Waals surface area contributed by atoms with Gasteiger partial charge in [0.15, 0.2) is 0 Å². The Bertz CT molecular complexity index is 698. The minimum Gasteiger partial charge on any atom is -0.330 e. The summed E-state index contributed by atoms with van der Waals surface area (Å²) in [6.07, 6.45) is 7.99. The molecule has 0 aliphatic heterocycles. The molecule has 24 heavy (non-hydrogen) atoms. The topological polar surface area (TPSA) is 41.6 Å². The van der Waals surface area contributed by atoms with Crippen LogP contribution in [0.5, 0.6) is 0 Å². The van der Waals surface area contributed by atoms with Crippen molar-refractivity contribution in [3.05, 3.63) is 30.1 Å². The molecule has 0 N–H and O–H groups in total. The van der Waals surface area contributed by atoms with Crippen LogP contribution >= 0.6 is 12.6 Å². The predicted octanol–water partition coefficient (Wildman–Crippen LogP) is 5.45. The quantitative estimate of drug-likeness (QED) is 0.615. The normalized spacial score (nSPS) is 14.0. The Morgan fingerprint density at radius 2 is 2.04 bits per heavy atom. The van der Waals surface area contributed by atoms with E-state index in [1.165, 1.54) is 25.7 Å². The van der Waals surface area contributed by atoms with Gasteiger partial charge >= 0.3 is 0 Å². The average molecular weight is 344 g/mol. The molecular formula is C20H29N3S. The number of aromatic nitrogens is 2. The fourth-order valence-corrected chi connectivity index (χ4v) is 3.55. The van der Waals surface area contributed by atoms with Crippen LogP contribution in [-0.4, -0.2) is 15.3 Å². The van der Waals surface area contributed by atoms with Gasteiger partial charge in [0.1, 0.15) is 0 Å². The summed E-state index contributed by atoms with van der Waals surface area (Å²) in [5.41, 5.74) is 2.97. The van der Waals surface area contributed by atoms with E-state index in [0.29, 0.717) is 5.56 Å². The molecule has 130 valence electrons. The Kier molecular flexibility index (Phi) is 6.74. The molecule has 3 nitrogen and oxygen atoms in total. The van der Waals surface area contributed by atoms with E-state index in [0.717, 1.165) is 35.7 Å². The van der Waals surface area contributed by atoms with E-state index in [1.807, 2.05) is 24.5 Å². The zero-order valence-corrected chi connectivity index (χ0v) is 16.0. The molecule has 1 aromatic heterocycles. The van der Waals surface area contributed by atoms with Gasteiger partial charge in [0.05, 0.1) is 29.0 Å². The Balaban J connectivity index is 2.20. The van der Waals surface area contributed by atoms with Crippen molar-refractivity contribution in [3.63, 3.8) is 0 Å². The average Bonchev–Trinajstić information content (AvgIpc) is 2.94. The zero-order chi connectivity index (χ0) is 17.6. The smallest absolute Gasteiger partial charge is 0.0992 e. The maximum Gasteiger partial charge on any atom is 0.0992 e.